The van der Waals surface area contributed by atoms with Gasteiger partial charge < -0.3 is 9.47 Å². The highest BCUT2D eigenvalue weighted by Gasteiger charge is 2.47. The lowest BCUT2D eigenvalue weighted by Crippen LogP contribution is -2.46. The van der Waals surface area contributed by atoms with Crippen LogP contribution in [0.1, 0.15) is 43.8 Å². The summed E-state index contributed by atoms with van der Waals surface area (Å²) >= 11 is 0. The van der Waals surface area contributed by atoms with Crippen molar-refractivity contribution in [1.29, 1.82) is 0 Å². The zero-order valence-electron chi connectivity index (χ0n) is 13.9. The summed E-state index contributed by atoms with van der Waals surface area (Å²) in [5.74, 6) is -3.73. The molecule has 0 aromatic rings. The van der Waals surface area contributed by atoms with Gasteiger partial charge in [0, 0.05) is 8.64 Å². The Bertz CT molecular complexity index is 458. The van der Waals surface area contributed by atoms with Crippen LogP contribution >= 0.6 is 0 Å². The van der Waals surface area contributed by atoms with Gasteiger partial charge in [-0.15, -0.1) is 0 Å². The molecule has 1 heterocycles. The van der Waals surface area contributed by atoms with Gasteiger partial charge >= 0.3 is 12.1 Å². The minimum Gasteiger partial charge on any atom is -0.464 e. The molecule has 19 heavy (non-hydrogen) atoms. The highest BCUT2D eigenvalue weighted by Crippen LogP contribution is 2.27. The summed E-state index contributed by atoms with van der Waals surface area (Å²) in [6, 6.07) is -1.46. The van der Waals surface area contributed by atoms with Crippen LogP contribution in [0.5, 0.6) is 0 Å². The van der Waals surface area contributed by atoms with Crippen LogP contribution < -0.4 is 0 Å². The molecular weight excluding hydrogens is 250 g/mol. The summed E-state index contributed by atoms with van der Waals surface area (Å²) in [5.41, 5.74) is -0.866. The maximum atomic E-state index is 12.2. The molecule has 1 saturated heterocycles. The lowest BCUT2D eigenvalue weighted by Gasteiger charge is -2.26. The summed E-state index contributed by atoms with van der Waals surface area (Å²) in [4.78, 5) is 36.8. The first-order chi connectivity index (χ1) is 9.43. The average molecular weight is 273 g/mol. The molecule has 0 bridgehead atoms. The third kappa shape index (κ3) is 3.68. The van der Waals surface area contributed by atoms with Gasteiger partial charge in [-0.3, -0.25) is 4.79 Å². The fraction of sp³-hybridized carbons (Fsp3) is 0.769. The zero-order chi connectivity index (χ0) is 16.6. The van der Waals surface area contributed by atoms with Crippen LogP contribution in [0, 0.1) is 5.89 Å². The van der Waals surface area contributed by atoms with Gasteiger partial charge in [0.1, 0.15) is 11.6 Å². The quantitative estimate of drug-likeness (QED) is 0.716. The normalized spacial score (nSPS) is 32.7. The Balaban J connectivity index is 3.15. The van der Waals surface area contributed by atoms with Gasteiger partial charge in [0.05, 0.1) is 6.61 Å². The van der Waals surface area contributed by atoms with E-state index in [2.05, 4.69) is 0 Å². The predicted octanol–water partition coefficient (Wildman–Crippen LogP) is 1.72. The van der Waals surface area contributed by atoms with E-state index in [1.54, 1.807) is 27.7 Å². The number of hydrogen-bond donors (Lipinski definition) is 0. The topological polar surface area (TPSA) is 72.9 Å². The smallest absolute Gasteiger partial charge is 0.417 e. The van der Waals surface area contributed by atoms with E-state index >= 15 is 0 Å². The van der Waals surface area contributed by atoms with Gasteiger partial charge in [-0.25, -0.2) is 14.5 Å². The largest absolute Gasteiger partial charge is 0.464 e. The molecule has 1 aliphatic heterocycles. The first-order valence-electron chi connectivity index (χ1n) is 7.16. The molecule has 1 aliphatic rings. The number of hydrogen-bond acceptors (Lipinski definition) is 5. The summed E-state index contributed by atoms with van der Waals surface area (Å²) in [7, 11) is 0. The zero-order valence-corrected chi connectivity index (χ0v) is 11.9. The lowest BCUT2D eigenvalue weighted by molar-refractivity contribution is -0.151. The second-order valence-corrected chi connectivity index (χ2v) is 5.20. The van der Waals surface area contributed by atoms with Crippen molar-refractivity contribution >= 4 is 18.0 Å². The second kappa shape index (κ2) is 5.59. The van der Waals surface area contributed by atoms with Gasteiger partial charge in [0.15, 0.2) is 0 Å². The van der Waals surface area contributed by atoms with E-state index in [0.29, 0.717) is 4.90 Å². The first kappa shape index (κ1) is 12.4. The van der Waals surface area contributed by atoms with Crippen molar-refractivity contribution in [1.82, 2.24) is 4.90 Å². The molecule has 6 nitrogen and oxygen atoms in total. The van der Waals surface area contributed by atoms with E-state index in [-0.39, 0.29) is 6.61 Å². The number of ether oxygens (including phenoxy) is 2. The minimum atomic E-state index is -1.91. The highest BCUT2D eigenvalue weighted by molar-refractivity contribution is 6.00. The van der Waals surface area contributed by atoms with Crippen LogP contribution in [-0.2, 0) is 19.1 Å². The van der Waals surface area contributed by atoms with Gasteiger partial charge in [-0.2, -0.15) is 0 Å². The molecule has 0 aliphatic carbocycles. The van der Waals surface area contributed by atoms with Gasteiger partial charge in [0.2, 0.25) is 5.91 Å². The molecule has 0 N–H and O–H groups in total. The summed E-state index contributed by atoms with van der Waals surface area (Å²) in [6.07, 6.45) is -2.48. The number of imide groups is 1. The molecule has 6 heteroatoms. The molecule has 0 unspecified atom stereocenters. The Labute approximate surface area is 115 Å². The van der Waals surface area contributed by atoms with E-state index in [1.807, 2.05) is 0 Å². The van der Waals surface area contributed by atoms with Crippen molar-refractivity contribution in [2.75, 3.05) is 6.61 Å². The molecule has 0 radical (unpaired) electrons. The third-order valence-corrected chi connectivity index (χ3v) is 2.36. The molecule has 1 rings (SSSR count). The maximum Gasteiger partial charge on any atom is 0.417 e. The first-order valence-corrected chi connectivity index (χ1v) is 6.09. The molecule has 0 aromatic heterocycles. The SMILES string of the molecule is [2H][C@@H]1[C@@H](C(=O)OCC)N(C(=O)OC(C)(C)C)C(=O)[C@@]1([2H])C. The van der Waals surface area contributed by atoms with Gasteiger partial charge in [-0.05, 0) is 34.1 Å². The summed E-state index contributed by atoms with van der Waals surface area (Å²) in [5, 5.41) is 0. The average Bonchev–Trinajstić information content (AvgIpc) is 2.48. The van der Waals surface area contributed by atoms with E-state index in [4.69, 9.17) is 12.2 Å². The van der Waals surface area contributed by atoms with Crippen LogP contribution in [0.25, 0.3) is 0 Å². The molecule has 0 saturated carbocycles. The molecule has 0 spiro atoms. The number of carbonyl (C=O) groups excluding carboxylic acids is 3. The Morgan fingerprint density at radius 2 is 2.11 bits per heavy atom. The predicted molar refractivity (Wildman–Crippen MR) is 67.3 cm³/mol. The fourth-order valence-electron chi connectivity index (χ4n) is 1.61. The number of nitrogens with zero attached hydrogens (tertiary/aromatic N) is 1. The van der Waals surface area contributed by atoms with Crippen molar-refractivity contribution < 1.29 is 26.6 Å². The van der Waals surface area contributed by atoms with E-state index in [1.165, 1.54) is 6.92 Å². The Hall–Kier alpha value is -1.59. The van der Waals surface area contributed by atoms with Crippen molar-refractivity contribution in [3.8, 4) is 0 Å². The Morgan fingerprint density at radius 3 is 2.58 bits per heavy atom. The minimum absolute atomic E-state index is 0.0487. The monoisotopic (exact) mass is 273 g/mol. The molecule has 0 aromatic carbocycles. The van der Waals surface area contributed by atoms with Crippen molar-refractivity contribution in [2.45, 2.75) is 52.7 Å². The Morgan fingerprint density at radius 1 is 1.53 bits per heavy atom. The van der Waals surface area contributed by atoms with Crippen molar-refractivity contribution in [3.63, 3.8) is 0 Å². The molecule has 3 atom stereocenters. The maximum absolute atomic E-state index is 12.2. The molecule has 108 valence electrons. The fourth-order valence-corrected chi connectivity index (χ4v) is 1.61. The molecule has 1 fully saturated rings. The van der Waals surface area contributed by atoms with Gasteiger partial charge in [0.25, 0.3) is 0 Å². The van der Waals surface area contributed by atoms with Crippen LogP contribution in [0.4, 0.5) is 4.79 Å². The summed E-state index contributed by atoms with van der Waals surface area (Å²) in [6.45, 7) is 7.66. The standard InChI is InChI=1S/C13H21NO5/c1-6-18-11(16)9-7-8(2)10(15)14(9)12(17)19-13(3,4)5/h8-9H,6-7H2,1-5H3/t8-,9-/m0/s1/i7D,8D/t7-,8-,9-. The van der Waals surface area contributed by atoms with Crippen molar-refractivity contribution in [2.24, 2.45) is 5.89 Å². The third-order valence-electron chi connectivity index (χ3n) is 2.36. The number of esters is 1. The van der Waals surface area contributed by atoms with E-state index in [9.17, 15) is 14.4 Å². The van der Waals surface area contributed by atoms with Crippen molar-refractivity contribution in [3.05, 3.63) is 0 Å². The Kier molecular flexibility index (Phi) is 3.66. The van der Waals surface area contributed by atoms with E-state index < -0.39 is 41.9 Å². The number of likely N-dealkylation sites (tertiary alicyclic amines) is 1. The van der Waals surface area contributed by atoms with Crippen LogP contribution in [-0.4, -0.2) is 41.1 Å². The number of carbonyl (C=O) groups is 3. The summed E-state index contributed by atoms with van der Waals surface area (Å²) < 4.78 is 25.7. The van der Waals surface area contributed by atoms with Crippen LogP contribution in [0.3, 0.4) is 0 Å². The second-order valence-electron chi connectivity index (χ2n) is 5.20. The lowest BCUT2D eigenvalue weighted by atomic mass is 10.1. The number of rotatable bonds is 2. The number of amides is 2. The molecular formula is C13H21NO5. The van der Waals surface area contributed by atoms with E-state index in [0.717, 1.165) is 0 Å². The van der Waals surface area contributed by atoms with Gasteiger partial charge in [-0.1, -0.05) is 6.92 Å². The van der Waals surface area contributed by atoms with Crippen LogP contribution in [0.15, 0.2) is 0 Å². The molecule has 2 amide bonds. The highest BCUT2D eigenvalue weighted by atomic mass is 16.6. The van der Waals surface area contributed by atoms with Crippen LogP contribution in [0.2, 0.25) is 0 Å².